The van der Waals surface area contributed by atoms with Crippen molar-refractivity contribution in [3.8, 4) is 11.1 Å². The van der Waals surface area contributed by atoms with Crippen molar-refractivity contribution in [3.63, 3.8) is 0 Å². The van der Waals surface area contributed by atoms with Gasteiger partial charge < -0.3 is 10.1 Å². The molecule has 1 aromatic carbocycles. The summed E-state index contributed by atoms with van der Waals surface area (Å²) in [6, 6.07) is 12.5. The molecular weight excluding hydrogens is 300 g/mol. The Hall–Kier alpha value is -2.20. The predicted molar refractivity (Wildman–Crippen MR) is 94.5 cm³/mol. The summed E-state index contributed by atoms with van der Waals surface area (Å²) in [5.74, 6) is 0.159. The van der Waals surface area contributed by atoms with Gasteiger partial charge in [-0.25, -0.2) is 0 Å². The molecular formula is C20H24N2O2. The first-order valence-corrected chi connectivity index (χ1v) is 8.59. The Kier molecular flexibility index (Phi) is 5.26. The van der Waals surface area contributed by atoms with Crippen LogP contribution in [0.5, 0.6) is 0 Å². The normalized spacial score (nSPS) is 16.5. The topological polar surface area (TPSA) is 51.2 Å². The quantitative estimate of drug-likeness (QED) is 0.919. The first-order chi connectivity index (χ1) is 11.7. The van der Waals surface area contributed by atoms with Gasteiger partial charge in [-0.05, 0) is 55.0 Å². The molecule has 0 saturated carbocycles. The molecule has 0 unspecified atom stereocenters. The van der Waals surface area contributed by atoms with Crippen LogP contribution in [0.3, 0.4) is 0 Å². The molecule has 0 spiro atoms. The molecule has 1 N–H and O–H groups in total. The highest BCUT2D eigenvalue weighted by Gasteiger charge is 2.39. The molecule has 2 aromatic rings. The lowest BCUT2D eigenvalue weighted by molar-refractivity contribution is -0.136. The zero-order chi connectivity index (χ0) is 16.8. The summed E-state index contributed by atoms with van der Waals surface area (Å²) < 4.78 is 5.48. The second-order valence-corrected chi connectivity index (χ2v) is 6.36. The fourth-order valence-corrected chi connectivity index (χ4v) is 3.34. The van der Waals surface area contributed by atoms with Crippen LogP contribution in [0, 0.1) is 5.41 Å². The lowest BCUT2D eigenvalue weighted by atomic mass is 9.74. The molecule has 0 radical (unpaired) electrons. The number of hydrogen-bond donors (Lipinski definition) is 1. The zero-order valence-electron chi connectivity index (χ0n) is 14.1. The average molecular weight is 324 g/mol. The number of nitrogens with zero attached hydrogens (tertiary/aromatic N) is 1. The monoisotopic (exact) mass is 324 g/mol. The zero-order valence-corrected chi connectivity index (χ0v) is 14.1. The van der Waals surface area contributed by atoms with Crippen molar-refractivity contribution in [1.82, 2.24) is 10.3 Å². The van der Waals surface area contributed by atoms with Crippen LogP contribution in [0.4, 0.5) is 0 Å². The van der Waals surface area contributed by atoms with Crippen LogP contribution >= 0.6 is 0 Å². The molecule has 4 heteroatoms. The summed E-state index contributed by atoms with van der Waals surface area (Å²) in [5.41, 5.74) is 3.18. The van der Waals surface area contributed by atoms with Crippen LogP contribution in [-0.4, -0.2) is 30.6 Å². The lowest BCUT2D eigenvalue weighted by Gasteiger charge is -2.36. The number of ether oxygens (including phenoxy) is 1. The smallest absolute Gasteiger partial charge is 0.226 e. The Balaban J connectivity index is 1.79. The number of benzene rings is 1. The van der Waals surface area contributed by atoms with Crippen molar-refractivity contribution in [1.29, 1.82) is 0 Å². The molecule has 1 aliphatic heterocycles. The number of rotatable bonds is 5. The van der Waals surface area contributed by atoms with Crippen LogP contribution in [0.2, 0.25) is 0 Å². The third kappa shape index (κ3) is 3.65. The van der Waals surface area contributed by atoms with Crippen LogP contribution in [-0.2, 0) is 16.0 Å². The molecule has 24 heavy (non-hydrogen) atoms. The molecule has 0 atom stereocenters. The minimum atomic E-state index is -0.341. The first kappa shape index (κ1) is 16.7. The van der Waals surface area contributed by atoms with Gasteiger partial charge in [0.05, 0.1) is 5.41 Å². The third-order valence-corrected chi connectivity index (χ3v) is 4.78. The van der Waals surface area contributed by atoms with Crippen molar-refractivity contribution in [2.24, 2.45) is 5.41 Å². The summed E-state index contributed by atoms with van der Waals surface area (Å²) in [6.07, 6.45) is 5.93. The fraction of sp³-hybridized carbons (Fsp3) is 0.400. The van der Waals surface area contributed by atoms with Gasteiger partial charge in [0, 0.05) is 32.2 Å². The molecule has 1 amide bonds. The average Bonchev–Trinajstić information content (AvgIpc) is 2.64. The molecule has 4 nitrogen and oxygen atoms in total. The second-order valence-electron chi connectivity index (χ2n) is 6.36. The van der Waals surface area contributed by atoms with Crippen molar-refractivity contribution < 1.29 is 9.53 Å². The van der Waals surface area contributed by atoms with Gasteiger partial charge >= 0.3 is 0 Å². The van der Waals surface area contributed by atoms with E-state index in [1.807, 2.05) is 19.1 Å². The minimum absolute atomic E-state index is 0.159. The van der Waals surface area contributed by atoms with Crippen molar-refractivity contribution in [2.45, 2.75) is 26.2 Å². The Morgan fingerprint density at radius 2 is 1.71 bits per heavy atom. The Morgan fingerprint density at radius 3 is 2.33 bits per heavy atom. The summed E-state index contributed by atoms with van der Waals surface area (Å²) in [4.78, 5) is 16.7. The van der Waals surface area contributed by atoms with E-state index >= 15 is 0 Å². The molecule has 0 aliphatic carbocycles. The van der Waals surface area contributed by atoms with E-state index in [1.165, 1.54) is 11.1 Å². The second kappa shape index (κ2) is 7.58. The van der Waals surface area contributed by atoms with Crippen molar-refractivity contribution >= 4 is 5.91 Å². The number of nitrogens with one attached hydrogen (secondary N) is 1. The van der Waals surface area contributed by atoms with Gasteiger partial charge in [0.2, 0.25) is 5.91 Å². The van der Waals surface area contributed by atoms with Crippen molar-refractivity contribution in [2.75, 3.05) is 19.8 Å². The van der Waals surface area contributed by atoms with E-state index in [4.69, 9.17) is 4.74 Å². The van der Waals surface area contributed by atoms with E-state index in [0.29, 0.717) is 19.8 Å². The van der Waals surface area contributed by atoms with Crippen molar-refractivity contribution in [3.05, 3.63) is 54.4 Å². The molecule has 126 valence electrons. The first-order valence-electron chi connectivity index (χ1n) is 8.59. The summed E-state index contributed by atoms with van der Waals surface area (Å²) in [5, 5.41) is 3.01. The standard InChI is InChI=1S/C20H24N2O2/c1-2-22-19(23)20(9-13-24-14-10-20)15-16-3-5-17(6-4-16)18-7-11-21-12-8-18/h3-8,11-12H,2,9-10,13-15H2,1H3,(H,22,23). The summed E-state index contributed by atoms with van der Waals surface area (Å²) in [7, 11) is 0. The number of hydrogen-bond acceptors (Lipinski definition) is 3. The van der Waals surface area contributed by atoms with Gasteiger partial charge in [-0.15, -0.1) is 0 Å². The number of pyridine rings is 1. The number of carbonyl (C=O) groups excluding carboxylic acids is 1. The van der Waals surface area contributed by atoms with Crippen LogP contribution in [0.25, 0.3) is 11.1 Å². The number of aromatic nitrogens is 1. The number of amides is 1. The van der Waals surface area contributed by atoms with Gasteiger partial charge in [0.25, 0.3) is 0 Å². The van der Waals surface area contributed by atoms with E-state index in [2.05, 4.69) is 34.6 Å². The van der Waals surface area contributed by atoms with E-state index in [-0.39, 0.29) is 11.3 Å². The van der Waals surface area contributed by atoms with E-state index in [9.17, 15) is 4.79 Å². The van der Waals surface area contributed by atoms with E-state index in [0.717, 1.165) is 24.8 Å². The molecule has 1 aromatic heterocycles. The van der Waals surface area contributed by atoms with Crippen LogP contribution in [0.15, 0.2) is 48.8 Å². The number of carbonyl (C=O) groups is 1. The Bertz CT molecular complexity index is 662. The van der Waals surface area contributed by atoms with Crippen LogP contribution in [0.1, 0.15) is 25.3 Å². The maximum Gasteiger partial charge on any atom is 0.226 e. The fourth-order valence-electron chi connectivity index (χ4n) is 3.34. The van der Waals surface area contributed by atoms with Gasteiger partial charge in [-0.1, -0.05) is 24.3 Å². The molecule has 2 heterocycles. The maximum absolute atomic E-state index is 12.6. The Morgan fingerprint density at radius 1 is 1.08 bits per heavy atom. The van der Waals surface area contributed by atoms with Gasteiger partial charge in [0.15, 0.2) is 0 Å². The molecule has 1 fully saturated rings. The highest BCUT2D eigenvalue weighted by atomic mass is 16.5. The van der Waals surface area contributed by atoms with Crippen LogP contribution < -0.4 is 5.32 Å². The SMILES string of the molecule is CCNC(=O)C1(Cc2ccc(-c3ccncc3)cc2)CCOCC1. The Labute approximate surface area is 143 Å². The highest BCUT2D eigenvalue weighted by Crippen LogP contribution is 2.35. The molecule has 0 bridgehead atoms. The predicted octanol–water partition coefficient (Wildman–Crippen LogP) is 3.22. The van der Waals surface area contributed by atoms with Gasteiger partial charge in [0.1, 0.15) is 0 Å². The molecule has 3 rings (SSSR count). The van der Waals surface area contributed by atoms with Gasteiger partial charge in [-0.3, -0.25) is 9.78 Å². The largest absolute Gasteiger partial charge is 0.381 e. The van der Waals surface area contributed by atoms with Gasteiger partial charge in [-0.2, -0.15) is 0 Å². The van der Waals surface area contributed by atoms with E-state index < -0.39 is 0 Å². The third-order valence-electron chi connectivity index (χ3n) is 4.78. The minimum Gasteiger partial charge on any atom is -0.381 e. The molecule has 1 saturated heterocycles. The van der Waals surface area contributed by atoms with E-state index in [1.54, 1.807) is 12.4 Å². The summed E-state index contributed by atoms with van der Waals surface area (Å²) >= 11 is 0. The summed E-state index contributed by atoms with van der Waals surface area (Å²) in [6.45, 7) is 3.95. The highest BCUT2D eigenvalue weighted by molar-refractivity contribution is 5.83. The lowest BCUT2D eigenvalue weighted by Crippen LogP contribution is -2.46. The maximum atomic E-state index is 12.6. The molecule has 1 aliphatic rings.